The van der Waals surface area contributed by atoms with Crippen molar-refractivity contribution in [2.45, 2.75) is 431 Å². The second-order valence-electron chi connectivity index (χ2n) is 27.7. The Morgan fingerprint density at radius 1 is 0.250 bits per heavy atom. The molecule has 0 heterocycles. The Kier molecular flexibility index (Phi) is 70.0. The maximum absolute atomic E-state index is 13.1. The van der Waals surface area contributed by atoms with Gasteiger partial charge in [-0.05, 0) is 25.7 Å². The van der Waals surface area contributed by atoms with E-state index < -0.39 is 97.5 Å². The predicted octanol–water partition coefficient (Wildman–Crippen LogP) is 23.0. The molecule has 0 aromatic heterocycles. The van der Waals surface area contributed by atoms with Crippen molar-refractivity contribution in [3.05, 3.63) is 0 Å². The summed E-state index contributed by atoms with van der Waals surface area (Å²) in [5.74, 6) is -2.11. The molecule has 0 aromatic carbocycles. The molecular weight excluding hydrogens is 1260 g/mol. The molecular formula is C77H150O17P2. The Hall–Kier alpha value is -1.94. The van der Waals surface area contributed by atoms with Crippen LogP contribution >= 0.6 is 15.6 Å². The van der Waals surface area contributed by atoms with E-state index in [1.54, 1.807) is 0 Å². The van der Waals surface area contributed by atoms with Crippen molar-refractivity contribution in [1.29, 1.82) is 0 Å². The van der Waals surface area contributed by atoms with Crippen molar-refractivity contribution < 1.29 is 80.2 Å². The normalized spacial score (nSPS) is 13.9. The molecule has 0 fully saturated rings. The fourth-order valence-electron chi connectivity index (χ4n) is 11.9. The number of rotatable bonds is 78. The van der Waals surface area contributed by atoms with Crippen LogP contribution in [0.3, 0.4) is 0 Å². The molecule has 19 heteroatoms. The van der Waals surface area contributed by atoms with Gasteiger partial charge in [-0.3, -0.25) is 37.3 Å². The van der Waals surface area contributed by atoms with Crippen LogP contribution < -0.4 is 0 Å². The van der Waals surface area contributed by atoms with Gasteiger partial charge in [-0.15, -0.1) is 0 Å². The summed E-state index contributed by atoms with van der Waals surface area (Å²) < 4.78 is 68.5. The highest BCUT2D eigenvalue weighted by atomic mass is 31.2. The molecule has 0 spiro atoms. The van der Waals surface area contributed by atoms with E-state index in [-0.39, 0.29) is 25.7 Å². The van der Waals surface area contributed by atoms with Crippen LogP contribution in [-0.2, 0) is 65.4 Å². The number of esters is 4. The first-order valence-electron chi connectivity index (χ1n) is 40.3. The molecule has 17 nitrogen and oxygen atoms in total. The molecule has 0 amide bonds. The zero-order chi connectivity index (χ0) is 70.4. The topological polar surface area (TPSA) is 237 Å². The Morgan fingerprint density at radius 3 is 0.615 bits per heavy atom. The average molecular weight is 1410 g/mol. The standard InChI is InChI=1S/C77H150O17P2/c1-5-9-13-17-21-25-28-31-34-35-36-37-39-42-45-48-52-56-60-64-77(82)94-73(68-88-75(80)62-58-54-50-46-43-41-38-32-29-26-22-18-14-10-6-2)70-92-96(85,86)90-66-71(78)65-89-95(83,84)91-69-72(67-87-74(79)61-57-53-49-24-20-16-12-8-4)93-76(81)63-59-55-51-47-44-40-33-30-27-23-19-15-11-7-3/h71-73,78H,5-70H2,1-4H3,(H,83,84)(H,85,86)/t71-,72+,73+/m0/s1. The first-order valence-corrected chi connectivity index (χ1v) is 43.3. The van der Waals surface area contributed by atoms with E-state index in [1.807, 2.05) is 0 Å². The maximum atomic E-state index is 13.1. The smallest absolute Gasteiger partial charge is 0.462 e. The summed E-state index contributed by atoms with van der Waals surface area (Å²) in [6.45, 7) is 4.98. The highest BCUT2D eigenvalue weighted by Gasteiger charge is 2.30. The summed E-state index contributed by atoms with van der Waals surface area (Å²) in [6, 6.07) is 0. The quantitative estimate of drug-likeness (QED) is 0.0222. The summed E-state index contributed by atoms with van der Waals surface area (Å²) in [6.07, 6.45) is 62.4. The van der Waals surface area contributed by atoms with E-state index in [1.165, 1.54) is 244 Å². The number of hydrogen-bond acceptors (Lipinski definition) is 15. The van der Waals surface area contributed by atoms with Crippen LogP contribution in [0.1, 0.15) is 413 Å². The predicted molar refractivity (Wildman–Crippen MR) is 391 cm³/mol. The van der Waals surface area contributed by atoms with E-state index in [4.69, 9.17) is 37.0 Å². The number of carbonyl (C=O) groups is 4. The molecule has 0 aliphatic heterocycles. The van der Waals surface area contributed by atoms with E-state index in [0.29, 0.717) is 25.7 Å². The van der Waals surface area contributed by atoms with Crippen molar-refractivity contribution in [1.82, 2.24) is 0 Å². The van der Waals surface area contributed by atoms with Crippen molar-refractivity contribution in [3.8, 4) is 0 Å². The Labute approximate surface area is 588 Å². The van der Waals surface area contributed by atoms with Crippen molar-refractivity contribution in [2.75, 3.05) is 39.6 Å². The molecule has 0 aliphatic rings. The van der Waals surface area contributed by atoms with Gasteiger partial charge in [-0.25, -0.2) is 9.13 Å². The fourth-order valence-corrected chi connectivity index (χ4v) is 13.5. The van der Waals surface area contributed by atoms with Crippen LogP contribution in [0.5, 0.6) is 0 Å². The summed E-state index contributed by atoms with van der Waals surface area (Å²) in [7, 11) is -9.91. The first kappa shape index (κ1) is 94.1. The third kappa shape index (κ3) is 70.5. The fraction of sp³-hybridized carbons (Fsp3) is 0.948. The van der Waals surface area contributed by atoms with Crippen molar-refractivity contribution in [3.63, 3.8) is 0 Å². The van der Waals surface area contributed by atoms with Gasteiger partial charge in [0.2, 0.25) is 0 Å². The number of aliphatic hydroxyl groups is 1. The highest BCUT2D eigenvalue weighted by molar-refractivity contribution is 7.47. The Morgan fingerprint density at radius 2 is 0.417 bits per heavy atom. The van der Waals surface area contributed by atoms with Gasteiger partial charge in [-0.1, -0.05) is 362 Å². The molecule has 0 radical (unpaired) electrons. The third-order valence-electron chi connectivity index (χ3n) is 18.1. The van der Waals surface area contributed by atoms with E-state index in [2.05, 4.69) is 27.7 Å². The minimum absolute atomic E-state index is 0.108. The lowest BCUT2D eigenvalue weighted by Crippen LogP contribution is -2.30. The maximum Gasteiger partial charge on any atom is 0.472 e. The van der Waals surface area contributed by atoms with Gasteiger partial charge in [0.15, 0.2) is 12.2 Å². The Bertz CT molecular complexity index is 1830. The molecule has 0 bridgehead atoms. The molecule has 0 rings (SSSR count). The molecule has 3 N–H and O–H groups in total. The van der Waals surface area contributed by atoms with Crippen LogP contribution in [0.25, 0.3) is 0 Å². The van der Waals surface area contributed by atoms with Crippen LogP contribution in [-0.4, -0.2) is 96.7 Å². The van der Waals surface area contributed by atoms with E-state index >= 15 is 0 Å². The molecule has 0 saturated carbocycles. The molecule has 2 unspecified atom stereocenters. The van der Waals surface area contributed by atoms with Crippen molar-refractivity contribution in [2.24, 2.45) is 0 Å². The number of phosphoric ester groups is 2. The average Bonchev–Trinajstić information content (AvgIpc) is 1.21. The minimum Gasteiger partial charge on any atom is -0.462 e. The van der Waals surface area contributed by atoms with Crippen LogP contribution in [0.2, 0.25) is 0 Å². The van der Waals surface area contributed by atoms with Crippen LogP contribution in [0.15, 0.2) is 0 Å². The number of ether oxygens (including phenoxy) is 4. The monoisotopic (exact) mass is 1410 g/mol. The molecule has 0 aliphatic carbocycles. The molecule has 570 valence electrons. The molecule has 0 aromatic rings. The Balaban J connectivity index is 5.20. The summed E-state index contributed by atoms with van der Waals surface area (Å²) in [4.78, 5) is 72.8. The lowest BCUT2D eigenvalue weighted by Gasteiger charge is -2.21. The minimum atomic E-state index is -4.96. The van der Waals surface area contributed by atoms with Crippen molar-refractivity contribution >= 4 is 39.5 Å². The lowest BCUT2D eigenvalue weighted by molar-refractivity contribution is -0.161. The SMILES string of the molecule is CCCCCCCCCCCCCCCCCCCCCC(=O)O[C@H](COC(=O)CCCCCCCCCCCCCCCCC)COP(=O)(O)OC[C@@H](O)COP(=O)(O)OC[C@@H](COC(=O)CCCCCCCCCC)OC(=O)CCCCCCCCCCCCCCCC. The highest BCUT2D eigenvalue weighted by Crippen LogP contribution is 2.45. The molecule has 5 atom stereocenters. The second kappa shape index (κ2) is 71.5. The molecule has 96 heavy (non-hydrogen) atoms. The zero-order valence-electron chi connectivity index (χ0n) is 62.4. The largest absolute Gasteiger partial charge is 0.472 e. The number of phosphoric acid groups is 2. The third-order valence-corrected chi connectivity index (χ3v) is 20.0. The second-order valence-corrected chi connectivity index (χ2v) is 30.7. The van der Waals surface area contributed by atoms with Crippen LogP contribution in [0, 0.1) is 0 Å². The van der Waals surface area contributed by atoms with Gasteiger partial charge < -0.3 is 33.8 Å². The summed E-state index contributed by atoms with van der Waals surface area (Å²) in [5, 5.41) is 10.6. The van der Waals surface area contributed by atoms with E-state index in [0.717, 1.165) is 89.9 Å². The van der Waals surface area contributed by atoms with E-state index in [9.17, 15) is 43.2 Å². The summed E-state index contributed by atoms with van der Waals surface area (Å²) >= 11 is 0. The van der Waals surface area contributed by atoms with Gasteiger partial charge in [0.25, 0.3) is 0 Å². The molecule has 0 saturated heterocycles. The van der Waals surface area contributed by atoms with Gasteiger partial charge in [-0.2, -0.15) is 0 Å². The summed E-state index contributed by atoms with van der Waals surface area (Å²) in [5.41, 5.74) is 0. The van der Waals surface area contributed by atoms with Gasteiger partial charge in [0.1, 0.15) is 19.3 Å². The van der Waals surface area contributed by atoms with Crippen LogP contribution in [0.4, 0.5) is 0 Å². The number of unbranched alkanes of at least 4 members (excludes halogenated alkanes) is 52. The van der Waals surface area contributed by atoms with Gasteiger partial charge in [0, 0.05) is 25.7 Å². The zero-order valence-corrected chi connectivity index (χ0v) is 64.1. The number of hydrogen-bond donors (Lipinski definition) is 3. The first-order chi connectivity index (χ1) is 46.7. The number of carbonyl (C=O) groups excluding carboxylic acids is 4. The number of aliphatic hydroxyl groups excluding tert-OH is 1. The lowest BCUT2D eigenvalue weighted by atomic mass is 10.0. The van der Waals surface area contributed by atoms with Gasteiger partial charge in [0.05, 0.1) is 26.4 Å². The van der Waals surface area contributed by atoms with Gasteiger partial charge >= 0.3 is 39.5 Å².